The molecular formula is C31H28ClN3O11. The first-order valence-corrected chi connectivity index (χ1v) is 14.6. The van der Waals surface area contributed by atoms with Crippen molar-refractivity contribution in [2.75, 3.05) is 39.6 Å². The number of ether oxygens (including phenoxy) is 5. The Balaban J connectivity index is 0.973. The van der Waals surface area contributed by atoms with Crippen molar-refractivity contribution in [3.63, 3.8) is 0 Å². The highest BCUT2D eigenvalue weighted by Gasteiger charge is 2.46. The highest BCUT2D eigenvalue weighted by atomic mass is 35.5. The fourth-order valence-corrected chi connectivity index (χ4v) is 4.97. The molecule has 0 bridgehead atoms. The zero-order chi connectivity index (χ0) is 32.6. The minimum absolute atomic E-state index is 0.0364. The molecule has 3 aromatic rings. The number of nitro groups is 1. The van der Waals surface area contributed by atoms with Gasteiger partial charge in [-0.05, 0) is 55.0 Å². The van der Waals surface area contributed by atoms with Crippen LogP contribution in [0.3, 0.4) is 0 Å². The van der Waals surface area contributed by atoms with Crippen molar-refractivity contribution in [2.45, 2.75) is 18.9 Å². The van der Waals surface area contributed by atoms with Crippen LogP contribution in [0.4, 0.5) is 5.69 Å². The standard InChI is InChI=1S/C31H28ClN3O11/c32-19-4-10-25(24(18-19)35(40)41)46-21-7-5-20(6-8-21)44-16-14-42-12-13-43-15-17-45-26-3-1-2-22-28(26)31(39)34(30(22)38)23-9-11-27(36)33-29(23)37/h1-8,10,18,23H,9,11-17H2,(H,33,36,37). The Morgan fingerprint density at radius 1 is 0.826 bits per heavy atom. The quantitative estimate of drug-likeness (QED) is 0.109. The number of nitrogens with zero attached hydrogens (tertiary/aromatic N) is 2. The number of rotatable bonds is 15. The van der Waals surface area contributed by atoms with Gasteiger partial charge < -0.3 is 23.7 Å². The monoisotopic (exact) mass is 653 g/mol. The van der Waals surface area contributed by atoms with Gasteiger partial charge in [-0.15, -0.1) is 0 Å². The number of piperidine rings is 1. The summed E-state index contributed by atoms with van der Waals surface area (Å²) in [6.07, 6.45) is 0.105. The van der Waals surface area contributed by atoms with Gasteiger partial charge >= 0.3 is 5.69 Å². The number of benzene rings is 3. The van der Waals surface area contributed by atoms with Crippen molar-refractivity contribution in [3.05, 3.63) is 86.9 Å². The van der Waals surface area contributed by atoms with Crippen LogP contribution >= 0.6 is 11.6 Å². The molecule has 2 heterocycles. The predicted octanol–water partition coefficient (Wildman–Crippen LogP) is 3.93. The molecule has 1 fully saturated rings. The van der Waals surface area contributed by atoms with Gasteiger partial charge in [-0.25, -0.2) is 0 Å². The zero-order valence-corrected chi connectivity index (χ0v) is 25.0. The van der Waals surface area contributed by atoms with Gasteiger partial charge in [0.05, 0.1) is 42.5 Å². The van der Waals surface area contributed by atoms with Gasteiger partial charge in [-0.1, -0.05) is 17.7 Å². The average Bonchev–Trinajstić information content (AvgIpc) is 3.29. The molecule has 3 aromatic carbocycles. The van der Waals surface area contributed by atoms with E-state index < -0.39 is 34.6 Å². The Labute approximate surface area is 267 Å². The summed E-state index contributed by atoms with van der Waals surface area (Å²) in [5.74, 6) is -1.15. The van der Waals surface area contributed by atoms with Crippen LogP contribution in [-0.4, -0.2) is 79.1 Å². The highest BCUT2D eigenvalue weighted by Crippen LogP contribution is 2.35. The summed E-state index contributed by atoms with van der Waals surface area (Å²) in [7, 11) is 0. The maximum absolute atomic E-state index is 13.1. The Bertz CT molecular complexity index is 1650. The van der Waals surface area contributed by atoms with Crippen molar-refractivity contribution < 1.29 is 47.8 Å². The molecule has 14 nitrogen and oxygen atoms in total. The molecule has 15 heteroatoms. The van der Waals surface area contributed by atoms with Crippen molar-refractivity contribution in [1.82, 2.24) is 10.2 Å². The lowest BCUT2D eigenvalue weighted by Crippen LogP contribution is -2.54. The van der Waals surface area contributed by atoms with Crippen LogP contribution in [0.5, 0.6) is 23.0 Å². The van der Waals surface area contributed by atoms with E-state index in [-0.39, 0.29) is 72.6 Å². The molecule has 46 heavy (non-hydrogen) atoms. The molecule has 0 aliphatic carbocycles. The topological polar surface area (TPSA) is 173 Å². The smallest absolute Gasteiger partial charge is 0.313 e. The van der Waals surface area contributed by atoms with E-state index in [0.717, 1.165) is 4.90 Å². The summed E-state index contributed by atoms with van der Waals surface area (Å²) >= 11 is 5.83. The van der Waals surface area contributed by atoms with Gasteiger partial charge in [-0.2, -0.15) is 0 Å². The minimum Gasteiger partial charge on any atom is -0.491 e. The normalized spacial score (nSPS) is 15.8. The van der Waals surface area contributed by atoms with E-state index in [2.05, 4.69) is 5.32 Å². The third-order valence-electron chi connectivity index (χ3n) is 6.95. The molecule has 1 saturated heterocycles. The number of fused-ring (bicyclic) bond motifs is 1. The van der Waals surface area contributed by atoms with Crippen LogP contribution in [-0.2, 0) is 19.1 Å². The number of imide groups is 2. The van der Waals surface area contributed by atoms with Crippen LogP contribution in [0.2, 0.25) is 5.02 Å². The first-order chi connectivity index (χ1) is 22.2. The average molecular weight is 654 g/mol. The van der Waals surface area contributed by atoms with Gasteiger partial charge in [-0.3, -0.25) is 39.5 Å². The maximum atomic E-state index is 13.1. The molecule has 1 atom stereocenters. The lowest BCUT2D eigenvalue weighted by atomic mass is 10.0. The number of carbonyl (C=O) groups excluding carboxylic acids is 4. The predicted molar refractivity (Wildman–Crippen MR) is 160 cm³/mol. The Hall–Kier alpha value is -5.05. The molecule has 1 N–H and O–H groups in total. The molecule has 5 rings (SSSR count). The van der Waals surface area contributed by atoms with E-state index in [9.17, 15) is 29.3 Å². The summed E-state index contributed by atoms with van der Waals surface area (Å²) in [5.41, 5.74) is -0.0272. The van der Waals surface area contributed by atoms with Gasteiger partial charge in [0.25, 0.3) is 11.8 Å². The minimum atomic E-state index is -1.05. The lowest BCUT2D eigenvalue weighted by molar-refractivity contribution is -0.385. The molecule has 2 aliphatic rings. The number of nitro benzene ring substituents is 1. The number of hydrogen-bond acceptors (Lipinski definition) is 11. The van der Waals surface area contributed by atoms with Crippen LogP contribution in [0, 0.1) is 10.1 Å². The zero-order valence-electron chi connectivity index (χ0n) is 24.3. The molecule has 240 valence electrons. The number of nitrogens with one attached hydrogen (secondary N) is 1. The second kappa shape index (κ2) is 14.8. The second-order valence-corrected chi connectivity index (χ2v) is 10.4. The number of carbonyl (C=O) groups is 4. The van der Waals surface area contributed by atoms with Crippen molar-refractivity contribution in [3.8, 4) is 23.0 Å². The van der Waals surface area contributed by atoms with E-state index in [1.807, 2.05) is 0 Å². The van der Waals surface area contributed by atoms with Crippen molar-refractivity contribution >= 4 is 40.9 Å². The van der Waals surface area contributed by atoms with Crippen LogP contribution in [0.25, 0.3) is 0 Å². The van der Waals surface area contributed by atoms with E-state index in [4.69, 9.17) is 35.3 Å². The van der Waals surface area contributed by atoms with Crippen LogP contribution in [0.15, 0.2) is 60.7 Å². The van der Waals surface area contributed by atoms with Crippen molar-refractivity contribution in [1.29, 1.82) is 0 Å². The Morgan fingerprint density at radius 3 is 2.20 bits per heavy atom. The van der Waals surface area contributed by atoms with E-state index in [1.54, 1.807) is 36.4 Å². The number of amides is 4. The molecule has 2 aliphatic heterocycles. The summed E-state index contributed by atoms with van der Waals surface area (Å²) in [5, 5.41) is 13.6. The van der Waals surface area contributed by atoms with E-state index >= 15 is 0 Å². The molecule has 0 radical (unpaired) electrons. The highest BCUT2D eigenvalue weighted by molar-refractivity contribution is 6.30. The van der Waals surface area contributed by atoms with E-state index in [0.29, 0.717) is 24.7 Å². The van der Waals surface area contributed by atoms with Crippen LogP contribution < -0.4 is 19.5 Å². The first kappa shape index (κ1) is 32.3. The first-order valence-electron chi connectivity index (χ1n) is 14.2. The van der Waals surface area contributed by atoms with Gasteiger partial charge in [0.2, 0.25) is 17.6 Å². The molecule has 0 aromatic heterocycles. The van der Waals surface area contributed by atoms with Gasteiger partial charge in [0.15, 0.2) is 0 Å². The number of halogens is 1. The third-order valence-corrected chi connectivity index (χ3v) is 7.19. The molecule has 0 saturated carbocycles. The van der Waals surface area contributed by atoms with Crippen molar-refractivity contribution in [2.24, 2.45) is 0 Å². The Kier molecular flexibility index (Phi) is 10.4. The summed E-state index contributed by atoms with van der Waals surface area (Å²) in [6, 6.07) is 14.3. The molecule has 0 spiro atoms. The molecule has 1 unspecified atom stereocenters. The van der Waals surface area contributed by atoms with Gasteiger partial charge in [0.1, 0.15) is 36.5 Å². The third kappa shape index (κ3) is 7.59. The van der Waals surface area contributed by atoms with E-state index in [1.165, 1.54) is 24.3 Å². The Morgan fingerprint density at radius 2 is 1.50 bits per heavy atom. The SMILES string of the molecule is O=C1CCC(N2C(=O)c3cccc(OCCOCCOCCOc4ccc(Oc5ccc(Cl)cc5[N+](=O)[O-])cc4)c3C2=O)C(=O)N1. The van der Waals surface area contributed by atoms with Crippen LogP contribution in [0.1, 0.15) is 33.6 Å². The second-order valence-electron chi connectivity index (χ2n) is 9.99. The lowest BCUT2D eigenvalue weighted by Gasteiger charge is -2.27. The summed E-state index contributed by atoms with van der Waals surface area (Å²) in [6.45, 7) is 1.43. The fourth-order valence-electron chi connectivity index (χ4n) is 4.81. The molecular weight excluding hydrogens is 626 g/mol. The molecule has 4 amide bonds. The summed E-state index contributed by atoms with van der Waals surface area (Å²) < 4.78 is 28.0. The number of hydrogen-bond donors (Lipinski definition) is 1. The largest absolute Gasteiger partial charge is 0.491 e. The van der Waals surface area contributed by atoms with Gasteiger partial charge in [0, 0.05) is 17.5 Å². The summed E-state index contributed by atoms with van der Waals surface area (Å²) in [4.78, 5) is 61.3. The maximum Gasteiger partial charge on any atom is 0.313 e. The fraction of sp³-hybridized carbons (Fsp3) is 0.290.